The van der Waals surface area contributed by atoms with Gasteiger partial charge >= 0.3 is 0 Å². The van der Waals surface area contributed by atoms with Crippen molar-refractivity contribution in [2.75, 3.05) is 6.54 Å². The van der Waals surface area contributed by atoms with Crippen molar-refractivity contribution in [1.29, 1.82) is 0 Å². The van der Waals surface area contributed by atoms with Gasteiger partial charge in [-0.3, -0.25) is 0 Å². The van der Waals surface area contributed by atoms with Gasteiger partial charge in [0.15, 0.2) is 0 Å². The van der Waals surface area contributed by atoms with Gasteiger partial charge in [0.05, 0.1) is 12.6 Å². The van der Waals surface area contributed by atoms with E-state index in [0.717, 1.165) is 6.54 Å². The van der Waals surface area contributed by atoms with Gasteiger partial charge in [-0.25, -0.2) is 0 Å². The molecule has 0 heterocycles. The molecule has 44 valence electrons. The van der Waals surface area contributed by atoms with Crippen molar-refractivity contribution >= 4 is 0 Å². The zero-order valence-electron chi connectivity index (χ0n) is 5.11. The first-order valence-corrected chi connectivity index (χ1v) is 2.93. The molecule has 0 saturated heterocycles. The van der Waals surface area contributed by atoms with Crippen LogP contribution in [0.3, 0.4) is 0 Å². The van der Waals surface area contributed by atoms with E-state index in [2.05, 4.69) is 18.4 Å². The van der Waals surface area contributed by atoms with Gasteiger partial charge in [0.2, 0.25) is 0 Å². The summed E-state index contributed by atoms with van der Waals surface area (Å²) in [5.74, 6) is 0. The highest BCUT2D eigenvalue weighted by atomic mass is 14.6. The van der Waals surface area contributed by atoms with Crippen LogP contribution in [0.1, 0.15) is 19.8 Å². The summed E-state index contributed by atoms with van der Waals surface area (Å²) >= 11 is 0. The van der Waals surface area contributed by atoms with E-state index in [1.807, 2.05) is 0 Å². The minimum absolute atomic E-state index is 0.637. The van der Waals surface area contributed by atoms with Crippen LogP contribution in [-0.4, -0.2) is 12.6 Å². The van der Waals surface area contributed by atoms with E-state index < -0.39 is 0 Å². The van der Waals surface area contributed by atoms with Gasteiger partial charge < -0.3 is 11.5 Å². The van der Waals surface area contributed by atoms with Crippen LogP contribution in [0.15, 0.2) is 0 Å². The molecule has 0 aromatic carbocycles. The summed E-state index contributed by atoms with van der Waals surface area (Å²) in [5, 5.41) is 0. The molecule has 7 heavy (non-hydrogen) atoms. The second kappa shape index (κ2) is 4.09. The second-order valence-electron chi connectivity index (χ2n) is 1.92. The molecule has 6 N–H and O–H groups in total. The molecule has 2 heteroatoms. The highest BCUT2D eigenvalue weighted by molar-refractivity contribution is 4.45. The van der Waals surface area contributed by atoms with Gasteiger partial charge in [0.25, 0.3) is 0 Å². The predicted molar refractivity (Wildman–Crippen MR) is 29.3 cm³/mol. The molecule has 0 spiro atoms. The van der Waals surface area contributed by atoms with E-state index >= 15 is 0 Å². The fourth-order valence-electron chi connectivity index (χ4n) is 0.493. The average molecular weight is 104 g/mol. The summed E-state index contributed by atoms with van der Waals surface area (Å²) in [7, 11) is 0. The summed E-state index contributed by atoms with van der Waals surface area (Å²) in [6, 6.07) is 0.637. The lowest BCUT2D eigenvalue weighted by Gasteiger charge is -1.97. The molecule has 0 amide bonds. The largest absolute Gasteiger partial charge is 0.357 e. The molecule has 0 radical (unpaired) electrons. The third-order valence-corrected chi connectivity index (χ3v) is 1.19. The smallest absolute Gasteiger partial charge is 0.0895 e. The second-order valence-corrected chi connectivity index (χ2v) is 1.92. The van der Waals surface area contributed by atoms with Crippen LogP contribution in [0.4, 0.5) is 0 Å². The monoisotopic (exact) mass is 104 g/mol. The molecule has 0 aliphatic rings. The Morgan fingerprint density at radius 1 is 1.57 bits per heavy atom. The van der Waals surface area contributed by atoms with Crippen LogP contribution in [0.5, 0.6) is 0 Å². The quantitative estimate of drug-likeness (QED) is 0.444. The average Bonchev–Trinajstić information content (AvgIpc) is 1.68. The summed E-state index contributed by atoms with van der Waals surface area (Å²) in [4.78, 5) is 0. The number of hydrogen-bond acceptors (Lipinski definition) is 0. The topological polar surface area (TPSA) is 55.3 Å². The Kier molecular flexibility index (Phi) is 4.04. The Balaban J connectivity index is 2.83. The van der Waals surface area contributed by atoms with E-state index in [0.29, 0.717) is 6.04 Å². The lowest BCUT2D eigenvalue weighted by atomic mass is 10.2. The minimum Gasteiger partial charge on any atom is -0.357 e. The van der Waals surface area contributed by atoms with Crippen molar-refractivity contribution in [2.45, 2.75) is 25.8 Å². The summed E-state index contributed by atoms with van der Waals surface area (Å²) in [6.45, 7) is 3.19. The molecule has 2 nitrogen and oxygen atoms in total. The van der Waals surface area contributed by atoms with Gasteiger partial charge in [-0.05, 0) is 6.42 Å². The predicted octanol–water partition coefficient (Wildman–Crippen LogP) is -1.36. The van der Waals surface area contributed by atoms with Gasteiger partial charge in [0.1, 0.15) is 0 Å². The lowest BCUT2D eigenvalue weighted by molar-refractivity contribution is -0.442. The SMILES string of the molecule is CCC([NH3+])CC[NH3+]. The third kappa shape index (κ3) is 3.76. The van der Waals surface area contributed by atoms with Gasteiger partial charge in [-0.15, -0.1) is 0 Å². The summed E-state index contributed by atoms with van der Waals surface area (Å²) < 4.78 is 0. The fraction of sp³-hybridized carbons (Fsp3) is 1.00. The van der Waals surface area contributed by atoms with Crippen LogP contribution in [0, 0.1) is 0 Å². The van der Waals surface area contributed by atoms with Crippen LogP contribution < -0.4 is 11.5 Å². The highest BCUT2D eigenvalue weighted by Crippen LogP contribution is 1.84. The normalized spacial score (nSPS) is 14.1. The fourth-order valence-corrected chi connectivity index (χ4v) is 0.493. The number of rotatable bonds is 3. The zero-order valence-corrected chi connectivity index (χ0v) is 5.11. The zero-order chi connectivity index (χ0) is 5.70. The molecule has 0 aliphatic heterocycles. The molecule has 1 unspecified atom stereocenters. The maximum Gasteiger partial charge on any atom is 0.0895 e. The van der Waals surface area contributed by atoms with Crippen molar-refractivity contribution in [3.8, 4) is 0 Å². The number of hydrogen-bond donors (Lipinski definition) is 2. The van der Waals surface area contributed by atoms with Crippen molar-refractivity contribution in [2.24, 2.45) is 0 Å². The first-order valence-electron chi connectivity index (χ1n) is 2.93. The Bertz CT molecular complexity index is 37.1. The van der Waals surface area contributed by atoms with E-state index in [-0.39, 0.29) is 0 Å². The summed E-state index contributed by atoms with van der Waals surface area (Å²) in [6.07, 6.45) is 2.37. The van der Waals surface area contributed by atoms with Crippen molar-refractivity contribution < 1.29 is 11.5 Å². The molecule has 0 aromatic rings. The van der Waals surface area contributed by atoms with Crippen LogP contribution in [0.25, 0.3) is 0 Å². The molecule has 1 atom stereocenters. The third-order valence-electron chi connectivity index (χ3n) is 1.19. The molecular formula is C5H16N2+2. The molecule has 0 aliphatic carbocycles. The van der Waals surface area contributed by atoms with Crippen molar-refractivity contribution in [3.05, 3.63) is 0 Å². The molecule has 0 rings (SSSR count). The summed E-state index contributed by atoms with van der Waals surface area (Å²) in [5.41, 5.74) is 7.64. The first kappa shape index (κ1) is 6.92. The van der Waals surface area contributed by atoms with Crippen LogP contribution >= 0.6 is 0 Å². The van der Waals surface area contributed by atoms with Gasteiger partial charge in [0, 0.05) is 6.42 Å². The van der Waals surface area contributed by atoms with Crippen molar-refractivity contribution in [1.82, 2.24) is 0 Å². The molecule has 0 fully saturated rings. The minimum atomic E-state index is 0.637. The van der Waals surface area contributed by atoms with E-state index in [4.69, 9.17) is 0 Å². The molecule has 0 saturated carbocycles. The Morgan fingerprint density at radius 2 is 2.14 bits per heavy atom. The van der Waals surface area contributed by atoms with E-state index in [1.165, 1.54) is 12.8 Å². The highest BCUT2D eigenvalue weighted by Gasteiger charge is 1.99. The maximum absolute atomic E-state index is 3.91. The standard InChI is InChI=1S/C5H14N2/c1-2-5(7)3-4-6/h5H,2-4,6-7H2,1H3/p+2. The number of quaternary nitrogens is 2. The van der Waals surface area contributed by atoms with Gasteiger partial charge in [-0.1, -0.05) is 6.92 Å². The Labute approximate surface area is 44.9 Å². The van der Waals surface area contributed by atoms with Crippen LogP contribution in [-0.2, 0) is 0 Å². The molecular weight excluding hydrogens is 88.1 g/mol. The van der Waals surface area contributed by atoms with E-state index in [1.54, 1.807) is 0 Å². The molecule has 0 aromatic heterocycles. The lowest BCUT2D eigenvalue weighted by Crippen LogP contribution is -2.64. The van der Waals surface area contributed by atoms with E-state index in [9.17, 15) is 0 Å². The first-order chi connectivity index (χ1) is 3.31. The Hall–Kier alpha value is -0.0800. The Morgan fingerprint density at radius 3 is 2.29 bits per heavy atom. The van der Waals surface area contributed by atoms with Gasteiger partial charge in [-0.2, -0.15) is 0 Å². The van der Waals surface area contributed by atoms with Crippen molar-refractivity contribution in [3.63, 3.8) is 0 Å². The maximum atomic E-state index is 3.91. The van der Waals surface area contributed by atoms with Crippen LogP contribution in [0.2, 0.25) is 0 Å². The molecule has 0 bridgehead atoms.